The van der Waals surface area contributed by atoms with Crippen LogP contribution in [0.4, 0.5) is 5.69 Å². The van der Waals surface area contributed by atoms with Gasteiger partial charge in [0.05, 0.1) is 16.9 Å². The van der Waals surface area contributed by atoms with Gasteiger partial charge >= 0.3 is 0 Å². The molecule has 3 aromatic rings. The van der Waals surface area contributed by atoms with Gasteiger partial charge in [-0.05, 0) is 12.1 Å². The van der Waals surface area contributed by atoms with Gasteiger partial charge in [-0.1, -0.05) is 32.0 Å². The smallest absolute Gasteiger partial charge is 0.211 e. The van der Waals surface area contributed by atoms with Crippen LogP contribution in [0.2, 0.25) is 0 Å². The van der Waals surface area contributed by atoms with Gasteiger partial charge < -0.3 is 14.8 Å². The molecule has 0 aliphatic heterocycles. The highest BCUT2D eigenvalue weighted by Crippen LogP contribution is 2.28. The minimum Gasteiger partial charge on any atom is -0.353 e. The first-order chi connectivity index (χ1) is 9.99. The average molecular weight is 284 g/mol. The van der Waals surface area contributed by atoms with Gasteiger partial charge in [0.1, 0.15) is 5.52 Å². The van der Waals surface area contributed by atoms with Crippen LogP contribution in [0.3, 0.4) is 0 Å². The zero-order chi connectivity index (χ0) is 15.0. The number of anilines is 1. The number of hydrogen-bond acceptors (Lipinski definition) is 4. The summed E-state index contributed by atoms with van der Waals surface area (Å²) >= 11 is 0. The highest BCUT2D eigenvalue weighted by atomic mass is 16.5. The Kier molecular flexibility index (Phi) is 3.01. The molecule has 2 heterocycles. The number of benzene rings is 1. The average Bonchev–Trinajstić information content (AvgIpc) is 3.05. The van der Waals surface area contributed by atoms with Crippen molar-refractivity contribution in [3.8, 4) is 11.6 Å². The molecule has 21 heavy (non-hydrogen) atoms. The summed E-state index contributed by atoms with van der Waals surface area (Å²) in [4.78, 5) is 18.3. The van der Waals surface area contributed by atoms with E-state index in [4.69, 9.17) is 4.52 Å². The van der Waals surface area contributed by atoms with Crippen LogP contribution in [0.15, 0.2) is 28.8 Å². The Labute approximate surface area is 121 Å². The molecule has 0 spiro atoms. The predicted octanol–water partition coefficient (Wildman–Crippen LogP) is 3.08. The molecule has 0 fully saturated rings. The molecule has 2 N–H and O–H groups in total. The number of amides is 1. The van der Waals surface area contributed by atoms with Crippen molar-refractivity contribution in [2.45, 2.75) is 26.2 Å². The number of hydrogen-bond donors (Lipinski definition) is 2. The fourth-order valence-corrected chi connectivity index (χ4v) is 2.07. The van der Waals surface area contributed by atoms with E-state index in [9.17, 15) is 4.79 Å². The molecule has 0 saturated heterocycles. The third-order valence-electron chi connectivity index (χ3n) is 3.24. The third kappa shape index (κ3) is 2.40. The standard InChI is InChI=1S/C15H16N4O2/c1-15(2,3)12-7-11(21-19-12)14-17-10-6-4-5-9(16-8-20)13(10)18-14/h4-8H,1-3H3,(H,16,20)(H,17,18). The summed E-state index contributed by atoms with van der Waals surface area (Å²) in [7, 11) is 0. The maximum Gasteiger partial charge on any atom is 0.211 e. The molecule has 0 atom stereocenters. The van der Waals surface area contributed by atoms with Gasteiger partial charge in [0, 0.05) is 11.5 Å². The van der Waals surface area contributed by atoms with Crippen LogP contribution in [-0.2, 0) is 10.2 Å². The monoisotopic (exact) mass is 284 g/mol. The fourth-order valence-electron chi connectivity index (χ4n) is 2.07. The van der Waals surface area contributed by atoms with E-state index in [2.05, 4.69) is 41.2 Å². The van der Waals surface area contributed by atoms with Crippen molar-refractivity contribution in [2.75, 3.05) is 5.32 Å². The number of aromatic nitrogens is 3. The Balaban J connectivity index is 2.07. The second kappa shape index (κ2) is 4.73. The number of fused-ring (bicyclic) bond motifs is 1. The molecule has 0 radical (unpaired) electrons. The first-order valence-electron chi connectivity index (χ1n) is 6.65. The van der Waals surface area contributed by atoms with Crippen molar-refractivity contribution < 1.29 is 9.32 Å². The van der Waals surface area contributed by atoms with Gasteiger partial charge in [-0.25, -0.2) is 4.98 Å². The Morgan fingerprint density at radius 3 is 2.81 bits per heavy atom. The molecule has 6 heteroatoms. The van der Waals surface area contributed by atoms with Gasteiger partial charge in [0.25, 0.3) is 0 Å². The van der Waals surface area contributed by atoms with Crippen LogP contribution in [0.5, 0.6) is 0 Å². The van der Waals surface area contributed by atoms with Crippen molar-refractivity contribution in [1.82, 2.24) is 15.1 Å². The van der Waals surface area contributed by atoms with Gasteiger partial charge in [-0.15, -0.1) is 0 Å². The number of carbonyl (C=O) groups is 1. The summed E-state index contributed by atoms with van der Waals surface area (Å²) in [5, 5.41) is 6.72. The lowest BCUT2D eigenvalue weighted by molar-refractivity contribution is -0.105. The van der Waals surface area contributed by atoms with Crippen LogP contribution in [-0.4, -0.2) is 21.5 Å². The zero-order valence-corrected chi connectivity index (χ0v) is 12.1. The Morgan fingerprint density at radius 1 is 1.33 bits per heavy atom. The lowest BCUT2D eigenvalue weighted by Crippen LogP contribution is -2.10. The molecule has 2 aromatic heterocycles. The van der Waals surface area contributed by atoms with E-state index in [1.165, 1.54) is 0 Å². The van der Waals surface area contributed by atoms with Crippen LogP contribution in [0.1, 0.15) is 26.5 Å². The highest BCUT2D eigenvalue weighted by Gasteiger charge is 2.21. The lowest BCUT2D eigenvalue weighted by atomic mass is 9.92. The molecule has 0 unspecified atom stereocenters. The van der Waals surface area contributed by atoms with Gasteiger partial charge in [0.15, 0.2) is 5.82 Å². The minimum atomic E-state index is -0.0853. The summed E-state index contributed by atoms with van der Waals surface area (Å²) in [6.45, 7) is 6.21. The van der Waals surface area contributed by atoms with E-state index >= 15 is 0 Å². The number of H-pyrrole nitrogens is 1. The summed E-state index contributed by atoms with van der Waals surface area (Å²) < 4.78 is 5.37. The van der Waals surface area contributed by atoms with Crippen LogP contribution in [0.25, 0.3) is 22.6 Å². The fraction of sp³-hybridized carbons (Fsp3) is 0.267. The number of nitrogens with one attached hydrogen (secondary N) is 2. The zero-order valence-electron chi connectivity index (χ0n) is 12.1. The normalized spacial score (nSPS) is 11.8. The molecule has 0 saturated carbocycles. The number of aromatic amines is 1. The SMILES string of the molecule is CC(C)(C)c1cc(-c2nc3c(NC=O)cccc3[nH]2)on1. The van der Waals surface area contributed by atoms with Crippen molar-refractivity contribution in [3.63, 3.8) is 0 Å². The Hall–Kier alpha value is -2.63. The van der Waals surface area contributed by atoms with Crippen LogP contribution < -0.4 is 5.32 Å². The number of carbonyl (C=O) groups excluding carboxylic acids is 1. The third-order valence-corrected chi connectivity index (χ3v) is 3.24. The first kappa shape index (κ1) is 13.4. The van der Waals surface area contributed by atoms with Crippen molar-refractivity contribution in [2.24, 2.45) is 0 Å². The maximum atomic E-state index is 10.6. The lowest BCUT2D eigenvalue weighted by Gasteiger charge is -2.12. The summed E-state index contributed by atoms with van der Waals surface area (Å²) in [6.07, 6.45) is 0.634. The molecule has 108 valence electrons. The van der Waals surface area contributed by atoms with Crippen LogP contribution >= 0.6 is 0 Å². The molecule has 0 aliphatic carbocycles. The van der Waals surface area contributed by atoms with Gasteiger partial charge in [-0.2, -0.15) is 0 Å². The quantitative estimate of drug-likeness (QED) is 0.724. The van der Waals surface area contributed by atoms with E-state index in [1.54, 1.807) is 6.07 Å². The Morgan fingerprint density at radius 2 is 2.14 bits per heavy atom. The molecule has 3 rings (SSSR count). The van der Waals surface area contributed by atoms with E-state index in [0.717, 1.165) is 11.2 Å². The molecular weight excluding hydrogens is 268 g/mol. The van der Waals surface area contributed by atoms with E-state index < -0.39 is 0 Å². The first-order valence-corrected chi connectivity index (χ1v) is 6.65. The molecule has 1 aromatic carbocycles. The second-order valence-electron chi connectivity index (χ2n) is 5.88. The van der Waals surface area contributed by atoms with Crippen molar-refractivity contribution in [1.29, 1.82) is 0 Å². The number of nitrogens with zero attached hydrogens (tertiary/aromatic N) is 2. The topological polar surface area (TPSA) is 83.8 Å². The molecular formula is C15H16N4O2. The van der Waals surface area contributed by atoms with Crippen molar-refractivity contribution >= 4 is 23.1 Å². The summed E-state index contributed by atoms with van der Waals surface area (Å²) in [5.74, 6) is 1.17. The molecule has 6 nitrogen and oxygen atoms in total. The number of rotatable bonds is 3. The Bertz CT molecular complexity index is 795. The predicted molar refractivity (Wildman–Crippen MR) is 80.0 cm³/mol. The molecule has 1 amide bonds. The number of imidazole rings is 1. The van der Waals surface area contributed by atoms with Gasteiger partial charge in [-0.3, -0.25) is 4.79 Å². The van der Waals surface area contributed by atoms with E-state index in [1.807, 2.05) is 18.2 Å². The summed E-state index contributed by atoms with van der Waals surface area (Å²) in [5.41, 5.74) is 2.95. The minimum absolute atomic E-state index is 0.0853. The van der Waals surface area contributed by atoms with E-state index in [0.29, 0.717) is 29.2 Å². The number of para-hydroxylation sites is 1. The van der Waals surface area contributed by atoms with Crippen molar-refractivity contribution in [3.05, 3.63) is 30.0 Å². The van der Waals surface area contributed by atoms with Gasteiger partial charge in [0.2, 0.25) is 12.2 Å². The molecule has 0 bridgehead atoms. The second-order valence-corrected chi connectivity index (χ2v) is 5.88. The van der Waals surface area contributed by atoms with Crippen LogP contribution in [0, 0.1) is 0 Å². The highest BCUT2D eigenvalue weighted by molar-refractivity contribution is 5.94. The largest absolute Gasteiger partial charge is 0.353 e. The van der Waals surface area contributed by atoms with E-state index in [-0.39, 0.29) is 5.41 Å². The maximum absolute atomic E-state index is 10.6. The molecule has 0 aliphatic rings. The summed E-state index contributed by atoms with van der Waals surface area (Å²) in [6, 6.07) is 7.41.